The number of methoxy groups -OCH3 is 1. The maximum absolute atomic E-state index is 11.5. The number of hydrogen-bond donors (Lipinski definition) is 1. The highest BCUT2D eigenvalue weighted by Crippen LogP contribution is 2.15. The molecule has 1 rings (SSSR count). The first kappa shape index (κ1) is 16.0. The zero-order chi connectivity index (χ0) is 15.0. The van der Waals surface area contributed by atoms with Crippen molar-refractivity contribution in [1.29, 1.82) is 0 Å². The van der Waals surface area contributed by atoms with Gasteiger partial charge in [-0.3, -0.25) is 9.59 Å². The van der Waals surface area contributed by atoms with Gasteiger partial charge in [-0.05, 0) is 23.1 Å². The summed E-state index contributed by atoms with van der Waals surface area (Å²) in [4.78, 5) is 22.4. The highest BCUT2D eigenvalue weighted by Gasteiger charge is 2.01. The number of benzene rings is 1. The summed E-state index contributed by atoms with van der Waals surface area (Å²) in [6, 6.07) is 8.07. The van der Waals surface area contributed by atoms with E-state index in [-0.39, 0.29) is 24.8 Å². The van der Waals surface area contributed by atoms with Crippen molar-refractivity contribution in [3.63, 3.8) is 0 Å². The molecule has 1 N–H and O–H groups in total. The van der Waals surface area contributed by atoms with E-state index in [9.17, 15) is 9.59 Å². The molecule has 20 heavy (non-hydrogen) atoms. The molecule has 0 bridgehead atoms. The monoisotopic (exact) mass is 275 g/mol. The van der Waals surface area contributed by atoms with Gasteiger partial charge in [0.2, 0.25) is 5.91 Å². The van der Waals surface area contributed by atoms with Crippen LogP contribution in [-0.2, 0) is 14.3 Å². The molecule has 1 aromatic rings. The van der Waals surface area contributed by atoms with Crippen LogP contribution in [0.25, 0.3) is 6.08 Å². The van der Waals surface area contributed by atoms with Gasteiger partial charge in [-0.1, -0.05) is 38.1 Å². The molecule has 0 saturated carbocycles. The summed E-state index contributed by atoms with van der Waals surface area (Å²) in [5, 5.41) is 2.62. The molecule has 108 valence electrons. The molecule has 4 heteroatoms. The number of nitrogens with one attached hydrogen (secondary N) is 1. The fourth-order valence-corrected chi connectivity index (χ4v) is 1.61. The van der Waals surface area contributed by atoms with Crippen LogP contribution in [0.1, 0.15) is 37.3 Å². The van der Waals surface area contributed by atoms with Gasteiger partial charge in [0.15, 0.2) is 0 Å². The van der Waals surface area contributed by atoms with Gasteiger partial charge in [-0.2, -0.15) is 0 Å². The molecule has 0 aliphatic rings. The van der Waals surface area contributed by atoms with Gasteiger partial charge in [0.05, 0.1) is 13.5 Å². The lowest BCUT2D eigenvalue weighted by molar-refractivity contribution is -0.140. The highest BCUT2D eigenvalue weighted by molar-refractivity contribution is 5.91. The third kappa shape index (κ3) is 5.69. The van der Waals surface area contributed by atoms with Crippen molar-refractivity contribution >= 4 is 18.0 Å². The zero-order valence-electron chi connectivity index (χ0n) is 12.2. The molecule has 0 atom stereocenters. The van der Waals surface area contributed by atoms with Crippen LogP contribution in [0.2, 0.25) is 0 Å². The molecule has 0 heterocycles. The number of ether oxygens (including phenoxy) is 1. The first-order valence-electron chi connectivity index (χ1n) is 6.65. The zero-order valence-corrected chi connectivity index (χ0v) is 12.2. The van der Waals surface area contributed by atoms with Crippen molar-refractivity contribution in [2.45, 2.75) is 26.2 Å². The summed E-state index contributed by atoms with van der Waals surface area (Å²) in [6.07, 6.45) is 3.39. The van der Waals surface area contributed by atoms with Crippen LogP contribution in [0.3, 0.4) is 0 Å². The number of amides is 1. The minimum atomic E-state index is -0.335. The summed E-state index contributed by atoms with van der Waals surface area (Å²) in [5.74, 6) is -0.0601. The molecule has 0 unspecified atom stereocenters. The SMILES string of the molecule is COC(=O)CCNC(=O)/C=C/c1ccc(C(C)C)cc1. The maximum atomic E-state index is 11.5. The minimum absolute atomic E-state index is 0.180. The topological polar surface area (TPSA) is 55.4 Å². The second kappa shape index (κ2) is 8.15. The number of esters is 1. The molecule has 0 radical (unpaired) electrons. The van der Waals surface area contributed by atoms with Crippen LogP contribution in [0.15, 0.2) is 30.3 Å². The van der Waals surface area contributed by atoms with Gasteiger partial charge in [0.25, 0.3) is 0 Å². The van der Waals surface area contributed by atoms with Crippen molar-refractivity contribution < 1.29 is 14.3 Å². The van der Waals surface area contributed by atoms with Gasteiger partial charge in [-0.15, -0.1) is 0 Å². The van der Waals surface area contributed by atoms with E-state index in [0.29, 0.717) is 5.92 Å². The molecule has 0 aliphatic carbocycles. The van der Waals surface area contributed by atoms with Crippen LogP contribution < -0.4 is 5.32 Å². The number of rotatable bonds is 6. The molecular weight excluding hydrogens is 254 g/mol. The van der Waals surface area contributed by atoms with Crippen LogP contribution in [-0.4, -0.2) is 25.5 Å². The normalized spacial score (nSPS) is 10.8. The van der Waals surface area contributed by atoms with E-state index < -0.39 is 0 Å². The summed E-state index contributed by atoms with van der Waals surface area (Å²) in [5.41, 5.74) is 2.24. The lowest BCUT2D eigenvalue weighted by atomic mass is 10.0. The summed E-state index contributed by atoms with van der Waals surface area (Å²) < 4.78 is 4.48. The average molecular weight is 275 g/mol. The Balaban J connectivity index is 2.42. The Bertz CT molecular complexity index is 475. The molecule has 0 fully saturated rings. The van der Waals surface area contributed by atoms with Crippen LogP contribution in [0, 0.1) is 0 Å². The Morgan fingerprint density at radius 1 is 1.25 bits per heavy atom. The predicted molar refractivity (Wildman–Crippen MR) is 79.2 cm³/mol. The lowest BCUT2D eigenvalue weighted by Gasteiger charge is -2.04. The first-order valence-corrected chi connectivity index (χ1v) is 6.65. The number of carbonyl (C=O) groups excluding carboxylic acids is 2. The van der Waals surface area contributed by atoms with Crippen molar-refractivity contribution in [1.82, 2.24) is 5.32 Å². The van der Waals surface area contributed by atoms with Gasteiger partial charge in [0.1, 0.15) is 0 Å². The standard InChI is InChI=1S/C16H21NO3/c1-12(2)14-7-4-13(5-8-14)6-9-15(18)17-11-10-16(19)20-3/h4-9,12H,10-11H2,1-3H3,(H,17,18)/b9-6+. The minimum Gasteiger partial charge on any atom is -0.469 e. The highest BCUT2D eigenvalue weighted by atomic mass is 16.5. The summed E-state index contributed by atoms with van der Waals surface area (Å²) in [6.45, 7) is 4.56. The van der Waals surface area contributed by atoms with E-state index in [0.717, 1.165) is 5.56 Å². The van der Waals surface area contributed by atoms with E-state index in [2.05, 4.69) is 36.0 Å². The molecule has 1 aromatic carbocycles. The first-order chi connectivity index (χ1) is 9.52. The van der Waals surface area contributed by atoms with Gasteiger partial charge >= 0.3 is 5.97 Å². The largest absolute Gasteiger partial charge is 0.469 e. The average Bonchev–Trinajstić information content (AvgIpc) is 2.45. The van der Waals surface area contributed by atoms with E-state index in [4.69, 9.17) is 0 Å². The van der Waals surface area contributed by atoms with Crippen molar-refractivity contribution in [2.24, 2.45) is 0 Å². The smallest absolute Gasteiger partial charge is 0.307 e. The second-order valence-corrected chi connectivity index (χ2v) is 4.77. The van der Waals surface area contributed by atoms with Gasteiger partial charge < -0.3 is 10.1 Å². The molecule has 1 amide bonds. The third-order valence-electron chi connectivity index (χ3n) is 2.89. The summed E-state index contributed by atoms with van der Waals surface area (Å²) >= 11 is 0. The Morgan fingerprint density at radius 2 is 1.90 bits per heavy atom. The lowest BCUT2D eigenvalue weighted by Crippen LogP contribution is -2.24. The van der Waals surface area contributed by atoms with Crippen LogP contribution in [0.5, 0.6) is 0 Å². The van der Waals surface area contributed by atoms with Gasteiger partial charge in [-0.25, -0.2) is 0 Å². The Kier molecular flexibility index (Phi) is 6.50. The van der Waals surface area contributed by atoms with E-state index in [1.807, 2.05) is 12.1 Å². The fourth-order valence-electron chi connectivity index (χ4n) is 1.61. The molecule has 0 spiro atoms. The van der Waals surface area contributed by atoms with E-state index in [1.54, 1.807) is 6.08 Å². The number of carbonyl (C=O) groups is 2. The Labute approximate surface area is 119 Å². The Morgan fingerprint density at radius 3 is 2.45 bits per heavy atom. The molecule has 4 nitrogen and oxygen atoms in total. The maximum Gasteiger partial charge on any atom is 0.307 e. The number of hydrogen-bond acceptors (Lipinski definition) is 3. The fraction of sp³-hybridized carbons (Fsp3) is 0.375. The predicted octanol–water partition coefficient (Wildman–Crippen LogP) is 2.50. The van der Waals surface area contributed by atoms with Crippen molar-refractivity contribution in [2.75, 3.05) is 13.7 Å². The molecule has 0 saturated heterocycles. The van der Waals surface area contributed by atoms with Crippen molar-refractivity contribution in [3.05, 3.63) is 41.5 Å². The van der Waals surface area contributed by atoms with Crippen LogP contribution >= 0.6 is 0 Å². The summed E-state index contributed by atoms with van der Waals surface area (Å²) in [7, 11) is 1.32. The molecule has 0 aromatic heterocycles. The molecule has 0 aliphatic heterocycles. The van der Waals surface area contributed by atoms with E-state index in [1.165, 1.54) is 18.7 Å². The van der Waals surface area contributed by atoms with Gasteiger partial charge in [0, 0.05) is 12.6 Å². The van der Waals surface area contributed by atoms with E-state index >= 15 is 0 Å². The van der Waals surface area contributed by atoms with Crippen LogP contribution in [0.4, 0.5) is 0 Å². The molecular formula is C16H21NO3. The third-order valence-corrected chi connectivity index (χ3v) is 2.89. The quantitative estimate of drug-likeness (QED) is 0.641. The van der Waals surface area contributed by atoms with Crippen molar-refractivity contribution in [3.8, 4) is 0 Å². The second-order valence-electron chi connectivity index (χ2n) is 4.77. The Hall–Kier alpha value is -2.10.